The second-order valence-corrected chi connectivity index (χ2v) is 7.89. The third-order valence-corrected chi connectivity index (χ3v) is 6.08. The zero-order chi connectivity index (χ0) is 19.6. The summed E-state index contributed by atoms with van der Waals surface area (Å²) in [5, 5.41) is 6.82. The van der Waals surface area contributed by atoms with Gasteiger partial charge in [0.2, 0.25) is 5.91 Å². The van der Waals surface area contributed by atoms with Crippen LogP contribution < -0.4 is 20.4 Å². The molecule has 0 saturated carbocycles. The fourth-order valence-corrected chi connectivity index (χ4v) is 4.42. The molecule has 2 aromatic rings. The molecule has 1 amide bonds. The van der Waals surface area contributed by atoms with E-state index in [1.807, 2.05) is 17.0 Å². The second-order valence-electron chi connectivity index (χ2n) is 7.89. The van der Waals surface area contributed by atoms with Crippen molar-refractivity contribution in [2.45, 2.75) is 19.4 Å². The van der Waals surface area contributed by atoms with Gasteiger partial charge in [0.15, 0.2) is 0 Å². The zero-order valence-corrected chi connectivity index (χ0v) is 16.6. The number of hydrogen-bond donors (Lipinski definition) is 2. The van der Waals surface area contributed by atoms with E-state index >= 15 is 0 Å². The summed E-state index contributed by atoms with van der Waals surface area (Å²) in [6.07, 6.45) is 3.57. The fraction of sp³-hybridized carbons (Fsp3) is 0.455. The maximum absolute atomic E-state index is 13.6. The lowest BCUT2D eigenvalue weighted by atomic mass is 9.96. The number of nitrogens with zero attached hydrogens (tertiary/aromatic N) is 3. The van der Waals surface area contributed by atoms with E-state index in [1.165, 1.54) is 0 Å². The minimum Gasteiger partial charge on any atom is -0.378 e. The molecule has 5 rings (SSSR count). The summed E-state index contributed by atoms with van der Waals surface area (Å²) in [6.45, 7) is 5.57. The lowest BCUT2D eigenvalue weighted by Gasteiger charge is -2.32. The van der Waals surface area contributed by atoms with Crippen LogP contribution in [0.25, 0.3) is 0 Å². The Morgan fingerprint density at radius 2 is 1.97 bits per heavy atom. The first-order chi connectivity index (χ1) is 14.3. The standard InChI is InChI=1S/C22H27N5O2/c28-22(16-5-8-23-9-6-16)27-15-17-2-1-7-24-21(17)25-19-4-3-18(14-20(19)27)26-10-12-29-13-11-26/h1-4,7,14,16,23H,5-6,8-13,15H2,(H,24,25). The Kier molecular flexibility index (Phi) is 5.08. The summed E-state index contributed by atoms with van der Waals surface area (Å²) >= 11 is 0. The van der Waals surface area contributed by atoms with Gasteiger partial charge in [-0.15, -0.1) is 0 Å². The Hall–Kier alpha value is -2.64. The van der Waals surface area contributed by atoms with Gasteiger partial charge in [-0.25, -0.2) is 4.98 Å². The van der Waals surface area contributed by atoms with Crippen molar-refractivity contribution in [3.63, 3.8) is 0 Å². The van der Waals surface area contributed by atoms with E-state index in [0.717, 1.165) is 80.7 Å². The quantitative estimate of drug-likeness (QED) is 0.817. The molecule has 0 unspecified atom stereocenters. The van der Waals surface area contributed by atoms with Crippen molar-refractivity contribution in [1.29, 1.82) is 0 Å². The van der Waals surface area contributed by atoms with Crippen LogP contribution in [0.15, 0.2) is 36.5 Å². The molecule has 0 bridgehead atoms. The molecule has 1 aromatic carbocycles. The molecule has 152 valence electrons. The van der Waals surface area contributed by atoms with Crippen LogP contribution in [0.1, 0.15) is 18.4 Å². The van der Waals surface area contributed by atoms with E-state index in [4.69, 9.17) is 4.74 Å². The van der Waals surface area contributed by atoms with E-state index in [1.54, 1.807) is 6.20 Å². The number of rotatable bonds is 2. The average Bonchev–Trinajstić information content (AvgIpc) is 2.96. The minimum absolute atomic E-state index is 0.0642. The summed E-state index contributed by atoms with van der Waals surface area (Å²) in [5.41, 5.74) is 4.05. The van der Waals surface area contributed by atoms with Gasteiger partial charge in [-0.05, 0) is 50.2 Å². The molecule has 7 heteroatoms. The second kappa shape index (κ2) is 8.00. The highest BCUT2D eigenvalue weighted by Crippen LogP contribution is 2.39. The van der Waals surface area contributed by atoms with Crippen molar-refractivity contribution >= 4 is 28.8 Å². The summed E-state index contributed by atoms with van der Waals surface area (Å²) in [6, 6.07) is 10.3. The number of fused-ring (bicyclic) bond motifs is 2. The predicted octanol–water partition coefficient (Wildman–Crippen LogP) is 2.51. The molecule has 3 aliphatic heterocycles. The summed E-state index contributed by atoms with van der Waals surface area (Å²) in [7, 11) is 0. The smallest absolute Gasteiger partial charge is 0.230 e. The van der Waals surface area contributed by atoms with Crippen molar-refractivity contribution in [1.82, 2.24) is 10.3 Å². The molecule has 0 aliphatic carbocycles. The molecule has 2 saturated heterocycles. The highest BCUT2D eigenvalue weighted by Gasteiger charge is 2.31. The highest BCUT2D eigenvalue weighted by atomic mass is 16.5. The number of piperidine rings is 1. The molecule has 2 fully saturated rings. The number of benzene rings is 1. The first-order valence-corrected chi connectivity index (χ1v) is 10.5. The molecule has 0 atom stereocenters. The van der Waals surface area contributed by atoms with Crippen LogP contribution in [0.5, 0.6) is 0 Å². The van der Waals surface area contributed by atoms with Crippen LogP contribution in [0.4, 0.5) is 22.9 Å². The zero-order valence-electron chi connectivity index (χ0n) is 16.6. The number of pyridine rings is 1. The van der Waals surface area contributed by atoms with Gasteiger partial charge in [0.05, 0.1) is 31.1 Å². The van der Waals surface area contributed by atoms with Gasteiger partial charge in [-0.2, -0.15) is 0 Å². The maximum atomic E-state index is 13.6. The van der Waals surface area contributed by atoms with E-state index in [2.05, 4.69) is 38.7 Å². The molecule has 4 heterocycles. The van der Waals surface area contributed by atoms with Gasteiger partial charge >= 0.3 is 0 Å². The van der Waals surface area contributed by atoms with Crippen molar-refractivity contribution < 1.29 is 9.53 Å². The lowest BCUT2D eigenvalue weighted by Crippen LogP contribution is -2.41. The maximum Gasteiger partial charge on any atom is 0.230 e. The number of carbonyl (C=O) groups is 1. The van der Waals surface area contributed by atoms with Gasteiger partial charge in [0.25, 0.3) is 0 Å². The van der Waals surface area contributed by atoms with Crippen molar-refractivity contribution in [2.24, 2.45) is 5.92 Å². The van der Waals surface area contributed by atoms with Crippen LogP contribution in [-0.2, 0) is 16.1 Å². The minimum atomic E-state index is 0.0642. The van der Waals surface area contributed by atoms with Gasteiger partial charge < -0.3 is 25.2 Å². The molecule has 29 heavy (non-hydrogen) atoms. The van der Waals surface area contributed by atoms with Crippen LogP contribution in [0.2, 0.25) is 0 Å². The third-order valence-electron chi connectivity index (χ3n) is 6.08. The first kappa shape index (κ1) is 18.4. The van der Waals surface area contributed by atoms with Gasteiger partial charge in [-0.1, -0.05) is 6.07 Å². The number of aromatic nitrogens is 1. The van der Waals surface area contributed by atoms with E-state index in [9.17, 15) is 4.79 Å². The molecular weight excluding hydrogens is 366 g/mol. The number of ether oxygens (including phenoxy) is 1. The Morgan fingerprint density at radius 1 is 1.14 bits per heavy atom. The van der Waals surface area contributed by atoms with Crippen LogP contribution >= 0.6 is 0 Å². The molecule has 0 spiro atoms. The molecule has 0 radical (unpaired) electrons. The monoisotopic (exact) mass is 393 g/mol. The molecule has 1 aromatic heterocycles. The van der Waals surface area contributed by atoms with Crippen LogP contribution in [0, 0.1) is 5.92 Å². The summed E-state index contributed by atoms with van der Waals surface area (Å²) in [5.74, 6) is 1.10. The van der Waals surface area contributed by atoms with E-state index in [0.29, 0.717) is 6.54 Å². The number of anilines is 4. The molecular formula is C22H27N5O2. The normalized spacial score (nSPS) is 19.7. The number of morpholine rings is 1. The van der Waals surface area contributed by atoms with E-state index < -0.39 is 0 Å². The largest absolute Gasteiger partial charge is 0.378 e. The molecule has 2 N–H and O–H groups in total. The Morgan fingerprint density at radius 3 is 2.79 bits per heavy atom. The molecule has 7 nitrogen and oxygen atoms in total. The van der Waals surface area contributed by atoms with E-state index in [-0.39, 0.29) is 11.8 Å². The number of hydrogen-bond acceptors (Lipinski definition) is 6. The SMILES string of the molecule is O=C(C1CCNCC1)N1Cc2cccnc2Nc2ccc(N3CCOCC3)cc21. The van der Waals surface area contributed by atoms with Crippen molar-refractivity contribution in [2.75, 3.05) is 54.5 Å². The number of nitrogens with one attached hydrogen (secondary N) is 2. The third kappa shape index (κ3) is 3.68. The van der Waals surface area contributed by atoms with Gasteiger partial charge in [0, 0.05) is 36.5 Å². The number of carbonyl (C=O) groups excluding carboxylic acids is 1. The van der Waals surface area contributed by atoms with Gasteiger partial charge in [-0.3, -0.25) is 4.79 Å². The van der Waals surface area contributed by atoms with Crippen molar-refractivity contribution in [3.05, 3.63) is 42.1 Å². The van der Waals surface area contributed by atoms with Crippen LogP contribution in [-0.4, -0.2) is 50.3 Å². The van der Waals surface area contributed by atoms with Gasteiger partial charge in [0.1, 0.15) is 5.82 Å². The topological polar surface area (TPSA) is 69.7 Å². The Balaban J connectivity index is 1.54. The summed E-state index contributed by atoms with van der Waals surface area (Å²) in [4.78, 5) is 22.4. The number of amides is 1. The first-order valence-electron chi connectivity index (χ1n) is 10.5. The fourth-order valence-electron chi connectivity index (χ4n) is 4.42. The lowest BCUT2D eigenvalue weighted by molar-refractivity contribution is -0.123. The average molecular weight is 393 g/mol. The van der Waals surface area contributed by atoms with Crippen molar-refractivity contribution in [3.8, 4) is 0 Å². The predicted molar refractivity (Wildman–Crippen MR) is 114 cm³/mol. The molecule has 3 aliphatic rings. The summed E-state index contributed by atoms with van der Waals surface area (Å²) < 4.78 is 5.50. The Labute approximate surface area is 171 Å². The highest BCUT2D eigenvalue weighted by molar-refractivity contribution is 6.00. The van der Waals surface area contributed by atoms with Crippen LogP contribution in [0.3, 0.4) is 0 Å². The Bertz CT molecular complexity index is 891.